The molecule has 1 unspecified atom stereocenters. The molecule has 0 saturated heterocycles. The van der Waals surface area contributed by atoms with Gasteiger partial charge in [-0.05, 0) is 80.3 Å². The molecule has 0 spiro atoms. The Morgan fingerprint density at radius 3 is 2.39 bits per heavy atom. The van der Waals surface area contributed by atoms with E-state index in [9.17, 15) is 14.3 Å². The fourth-order valence-corrected chi connectivity index (χ4v) is 5.17. The number of phenolic OH excluding ortho intramolecular Hbond substituents is 1. The fourth-order valence-electron chi connectivity index (χ4n) is 5.17. The average Bonchev–Trinajstić information content (AvgIpc) is 3.40. The standard InChI is InChI=1S/C30H30FN3O4/c1-5-37-23-12-9-20(15-24(23)38-6-2)29-26-27(25-18(4)13-17(3)14-22(25)35)32-33-28(26)30(36)34(29)16-19-7-10-21(31)11-8-19/h7-15,29,35H,5-6,16H2,1-4H3,(H,32,33). The molecule has 4 aromatic rings. The van der Waals surface area contributed by atoms with Crippen molar-refractivity contribution in [1.29, 1.82) is 0 Å². The van der Waals surface area contributed by atoms with Crippen LogP contribution in [0.2, 0.25) is 0 Å². The van der Waals surface area contributed by atoms with Crippen molar-refractivity contribution in [3.8, 4) is 28.5 Å². The Morgan fingerprint density at radius 1 is 1.00 bits per heavy atom. The SMILES string of the molecule is CCOc1ccc(C2c3c(-c4c(C)cc(C)cc4O)n[nH]c3C(=O)N2Cc2ccc(F)cc2)cc1OCC. The quantitative estimate of drug-likeness (QED) is 0.297. The van der Waals surface area contributed by atoms with Crippen molar-refractivity contribution in [2.75, 3.05) is 13.2 Å². The van der Waals surface area contributed by atoms with Gasteiger partial charge in [0.05, 0.1) is 19.3 Å². The molecule has 0 radical (unpaired) electrons. The molecular formula is C30H30FN3O4. The maximum atomic E-state index is 13.8. The van der Waals surface area contributed by atoms with Crippen LogP contribution < -0.4 is 9.47 Å². The number of H-pyrrole nitrogens is 1. The smallest absolute Gasteiger partial charge is 0.273 e. The lowest BCUT2D eigenvalue weighted by Gasteiger charge is -2.27. The second-order valence-corrected chi connectivity index (χ2v) is 9.37. The third-order valence-electron chi connectivity index (χ3n) is 6.71. The van der Waals surface area contributed by atoms with Crippen LogP contribution in [0, 0.1) is 19.7 Å². The van der Waals surface area contributed by atoms with E-state index in [0.29, 0.717) is 47.2 Å². The number of nitrogens with one attached hydrogen (secondary N) is 1. The van der Waals surface area contributed by atoms with Gasteiger partial charge in [0.2, 0.25) is 0 Å². The summed E-state index contributed by atoms with van der Waals surface area (Å²) in [5.41, 5.74) is 5.49. The highest BCUT2D eigenvalue weighted by Gasteiger charge is 2.43. The van der Waals surface area contributed by atoms with Crippen molar-refractivity contribution in [3.63, 3.8) is 0 Å². The van der Waals surface area contributed by atoms with Gasteiger partial charge in [-0.3, -0.25) is 9.89 Å². The molecular weight excluding hydrogens is 485 g/mol. The summed E-state index contributed by atoms with van der Waals surface area (Å²) in [6.07, 6.45) is 0. The van der Waals surface area contributed by atoms with Gasteiger partial charge in [0.25, 0.3) is 5.91 Å². The maximum absolute atomic E-state index is 13.8. The van der Waals surface area contributed by atoms with Gasteiger partial charge in [-0.15, -0.1) is 0 Å². The number of nitrogens with zero attached hydrogens (tertiary/aromatic N) is 2. The molecule has 1 amide bonds. The largest absolute Gasteiger partial charge is 0.507 e. The molecule has 0 fully saturated rings. The number of hydrogen-bond acceptors (Lipinski definition) is 5. The first-order valence-electron chi connectivity index (χ1n) is 12.7. The molecule has 2 heterocycles. The second kappa shape index (κ2) is 10.2. The number of amides is 1. The van der Waals surface area contributed by atoms with Crippen LogP contribution in [0.3, 0.4) is 0 Å². The molecule has 0 bridgehead atoms. The molecule has 1 aliphatic heterocycles. The van der Waals surface area contributed by atoms with Crippen LogP contribution in [0.4, 0.5) is 4.39 Å². The molecule has 1 atom stereocenters. The molecule has 5 rings (SSSR count). The van der Waals surface area contributed by atoms with E-state index in [4.69, 9.17) is 9.47 Å². The van der Waals surface area contributed by atoms with Crippen molar-refractivity contribution < 1.29 is 23.8 Å². The van der Waals surface area contributed by atoms with Crippen molar-refractivity contribution in [2.45, 2.75) is 40.3 Å². The normalized spacial score (nSPS) is 14.6. The number of hydrogen-bond donors (Lipinski definition) is 2. The Kier molecular flexibility index (Phi) is 6.80. The zero-order chi connectivity index (χ0) is 27.0. The number of carbonyl (C=O) groups is 1. The molecule has 1 aliphatic rings. The molecule has 3 aromatic carbocycles. The van der Waals surface area contributed by atoms with Crippen LogP contribution in [0.25, 0.3) is 11.3 Å². The van der Waals surface area contributed by atoms with E-state index in [1.54, 1.807) is 23.1 Å². The third kappa shape index (κ3) is 4.47. The molecule has 38 heavy (non-hydrogen) atoms. The summed E-state index contributed by atoms with van der Waals surface area (Å²) in [4.78, 5) is 15.5. The number of aromatic hydroxyl groups is 1. The van der Waals surface area contributed by atoms with Crippen molar-refractivity contribution >= 4 is 5.91 Å². The van der Waals surface area contributed by atoms with Gasteiger partial charge in [-0.2, -0.15) is 5.10 Å². The number of carbonyl (C=O) groups excluding carboxylic acids is 1. The van der Waals surface area contributed by atoms with E-state index in [2.05, 4.69) is 10.2 Å². The van der Waals surface area contributed by atoms with E-state index < -0.39 is 6.04 Å². The van der Waals surface area contributed by atoms with E-state index >= 15 is 0 Å². The predicted molar refractivity (Wildman–Crippen MR) is 142 cm³/mol. The Labute approximate surface area is 220 Å². The molecule has 196 valence electrons. The average molecular weight is 516 g/mol. The summed E-state index contributed by atoms with van der Waals surface area (Å²) >= 11 is 0. The summed E-state index contributed by atoms with van der Waals surface area (Å²) in [6.45, 7) is 8.82. The molecule has 1 aromatic heterocycles. The minimum atomic E-state index is -0.536. The minimum absolute atomic E-state index is 0.0988. The lowest BCUT2D eigenvalue weighted by Crippen LogP contribution is -2.29. The van der Waals surface area contributed by atoms with Crippen molar-refractivity contribution in [3.05, 3.63) is 93.9 Å². The summed E-state index contributed by atoms with van der Waals surface area (Å²) < 4.78 is 25.2. The number of aromatic nitrogens is 2. The van der Waals surface area contributed by atoms with E-state index in [0.717, 1.165) is 22.3 Å². The number of rotatable bonds is 8. The summed E-state index contributed by atoms with van der Waals surface area (Å²) in [6, 6.07) is 14.9. The van der Waals surface area contributed by atoms with Gasteiger partial charge < -0.3 is 19.5 Å². The van der Waals surface area contributed by atoms with Crippen LogP contribution in [0.5, 0.6) is 17.2 Å². The number of phenols is 1. The topological polar surface area (TPSA) is 87.7 Å². The van der Waals surface area contributed by atoms with Crippen LogP contribution in [0.15, 0.2) is 54.6 Å². The zero-order valence-corrected chi connectivity index (χ0v) is 21.8. The van der Waals surface area contributed by atoms with Gasteiger partial charge >= 0.3 is 0 Å². The third-order valence-corrected chi connectivity index (χ3v) is 6.71. The van der Waals surface area contributed by atoms with Crippen LogP contribution in [-0.2, 0) is 6.54 Å². The monoisotopic (exact) mass is 515 g/mol. The van der Waals surface area contributed by atoms with Crippen molar-refractivity contribution in [1.82, 2.24) is 15.1 Å². The number of fused-ring (bicyclic) bond motifs is 1. The zero-order valence-electron chi connectivity index (χ0n) is 21.8. The predicted octanol–water partition coefficient (Wildman–Crippen LogP) is 6.08. The molecule has 2 N–H and O–H groups in total. The van der Waals surface area contributed by atoms with E-state index in [-0.39, 0.29) is 24.0 Å². The number of ether oxygens (including phenoxy) is 2. The van der Waals surface area contributed by atoms with Gasteiger partial charge in [-0.1, -0.05) is 24.3 Å². The van der Waals surface area contributed by atoms with E-state index in [1.807, 2.05) is 52.0 Å². The number of aromatic amines is 1. The first-order valence-corrected chi connectivity index (χ1v) is 12.7. The number of halogens is 1. The van der Waals surface area contributed by atoms with Gasteiger partial charge in [-0.25, -0.2) is 4.39 Å². The first-order chi connectivity index (χ1) is 18.3. The highest BCUT2D eigenvalue weighted by Crippen LogP contribution is 2.47. The lowest BCUT2D eigenvalue weighted by atomic mass is 9.93. The Balaban J connectivity index is 1.69. The summed E-state index contributed by atoms with van der Waals surface area (Å²) in [7, 11) is 0. The fraction of sp³-hybridized carbons (Fsp3) is 0.267. The Hall–Kier alpha value is -4.33. The van der Waals surface area contributed by atoms with Crippen LogP contribution in [-0.4, -0.2) is 39.3 Å². The summed E-state index contributed by atoms with van der Waals surface area (Å²) in [5.74, 6) is 0.722. The summed E-state index contributed by atoms with van der Waals surface area (Å²) in [5, 5.41) is 18.3. The van der Waals surface area contributed by atoms with Crippen LogP contribution in [0.1, 0.15) is 58.2 Å². The van der Waals surface area contributed by atoms with Gasteiger partial charge in [0.15, 0.2) is 11.5 Å². The molecule has 7 nitrogen and oxygen atoms in total. The first kappa shape index (κ1) is 25.3. The van der Waals surface area contributed by atoms with Crippen LogP contribution >= 0.6 is 0 Å². The molecule has 0 saturated carbocycles. The van der Waals surface area contributed by atoms with Gasteiger partial charge in [0, 0.05) is 17.7 Å². The van der Waals surface area contributed by atoms with Crippen molar-refractivity contribution in [2.24, 2.45) is 0 Å². The Bertz CT molecular complexity index is 1470. The minimum Gasteiger partial charge on any atom is -0.507 e. The highest BCUT2D eigenvalue weighted by molar-refractivity contribution is 6.00. The maximum Gasteiger partial charge on any atom is 0.273 e. The number of benzene rings is 3. The van der Waals surface area contributed by atoms with E-state index in [1.165, 1.54) is 12.1 Å². The van der Waals surface area contributed by atoms with Gasteiger partial charge in [0.1, 0.15) is 23.0 Å². The second-order valence-electron chi connectivity index (χ2n) is 9.37. The molecule has 0 aliphatic carbocycles. The Morgan fingerprint density at radius 2 is 1.71 bits per heavy atom. The number of aryl methyl sites for hydroxylation is 2. The highest BCUT2D eigenvalue weighted by atomic mass is 19.1. The molecule has 8 heteroatoms. The lowest BCUT2D eigenvalue weighted by molar-refractivity contribution is 0.0729.